The predicted molar refractivity (Wildman–Crippen MR) is 74.4 cm³/mol. The molecular formula is C14H15ClN2O4. The standard InChI is InChI=1S/C14H15ClN2O4/c1-17-13(19)16-11-8-4-7(15)5-10(18)12(8)21-14(17)2-3-20-6-9(11)14/h4-5,9,11,18H,2-3,6H2,1H3,(H,16,19). The van der Waals surface area contributed by atoms with Crippen molar-refractivity contribution in [1.29, 1.82) is 0 Å². The van der Waals surface area contributed by atoms with Crippen LogP contribution in [0, 0.1) is 5.92 Å². The number of phenols is 1. The SMILES string of the molecule is CN1C(=O)NC2c3cc(Cl)cc(O)c3OC13CCOCC23. The number of nitrogens with zero attached hydrogens (tertiary/aromatic N) is 1. The van der Waals surface area contributed by atoms with Gasteiger partial charge in [-0.15, -0.1) is 0 Å². The zero-order valence-corrected chi connectivity index (χ0v) is 12.2. The maximum Gasteiger partial charge on any atom is 0.320 e. The van der Waals surface area contributed by atoms with Gasteiger partial charge in [-0.2, -0.15) is 0 Å². The quantitative estimate of drug-likeness (QED) is 0.767. The number of aromatic hydroxyl groups is 1. The fraction of sp³-hybridized carbons (Fsp3) is 0.500. The first-order chi connectivity index (χ1) is 10.0. The van der Waals surface area contributed by atoms with Gasteiger partial charge in [0, 0.05) is 30.1 Å². The first-order valence-electron chi connectivity index (χ1n) is 6.86. The van der Waals surface area contributed by atoms with Crippen molar-refractivity contribution < 1.29 is 19.4 Å². The minimum Gasteiger partial charge on any atom is -0.504 e. The molecule has 3 atom stereocenters. The van der Waals surface area contributed by atoms with Crippen LogP contribution in [0.2, 0.25) is 5.02 Å². The summed E-state index contributed by atoms with van der Waals surface area (Å²) >= 11 is 6.03. The molecule has 112 valence electrons. The normalized spacial score (nSPS) is 33.6. The Morgan fingerprint density at radius 1 is 1.52 bits per heavy atom. The smallest absolute Gasteiger partial charge is 0.320 e. The third-order valence-electron chi connectivity index (χ3n) is 4.71. The third-order valence-corrected chi connectivity index (χ3v) is 4.93. The number of halogens is 1. The lowest BCUT2D eigenvalue weighted by atomic mass is 9.76. The van der Waals surface area contributed by atoms with Crippen LogP contribution in [0.25, 0.3) is 0 Å². The molecule has 3 aliphatic heterocycles. The molecule has 2 saturated heterocycles. The summed E-state index contributed by atoms with van der Waals surface area (Å²) in [6.07, 6.45) is 0.569. The molecule has 1 aromatic carbocycles. The average molecular weight is 311 g/mol. The van der Waals surface area contributed by atoms with E-state index in [1.54, 1.807) is 18.0 Å². The van der Waals surface area contributed by atoms with E-state index < -0.39 is 5.72 Å². The van der Waals surface area contributed by atoms with Crippen molar-refractivity contribution >= 4 is 17.6 Å². The van der Waals surface area contributed by atoms with Crippen LogP contribution in [0.5, 0.6) is 11.5 Å². The van der Waals surface area contributed by atoms with Crippen molar-refractivity contribution in [2.45, 2.75) is 18.2 Å². The number of hydrogen-bond donors (Lipinski definition) is 2. The number of fused-ring (bicyclic) bond motifs is 2. The molecular weight excluding hydrogens is 296 g/mol. The molecule has 3 unspecified atom stereocenters. The largest absolute Gasteiger partial charge is 0.504 e. The highest BCUT2D eigenvalue weighted by molar-refractivity contribution is 6.30. The zero-order valence-electron chi connectivity index (χ0n) is 11.4. The summed E-state index contributed by atoms with van der Waals surface area (Å²) < 4.78 is 11.7. The summed E-state index contributed by atoms with van der Waals surface area (Å²) in [7, 11) is 1.71. The van der Waals surface area contributed by atoms with E-state index in [1.165, 1.54) is 6.07 Å². The number of amides is 2. The predicted octanol–water partition coefficient (Wildman–Crippen LogP) is 1.87. The molecule has 6 nitrogen and oxygen atoms in total. The van der Waals surface area contributed by atoms with Gasteiger partial charge in [0.2, 0.25) is 0 Å². The Hall–Kier alpha value is -1.66. The van der Waals surface area contributed by atoms with Crippen LogP contribution in [0.15, 0.2) is 12.1 Å². The first kappa shape index (κ1) is 13.0. The number of carbonyl (C=O) groups excluding carboxylic acids is 1. The van der Waals surface area contributed by atoms with E-state index in [4.69, 9.17) is 21.1 Å². The van der Waals surface area contributed by atoms with Crippen LogP contribution in [0.3, 0.4) is 0 Å². The molecule has 7 heteroatoms. The van der Waals surface area contributed by atoms with Crippen LogP contribution < -0.4 is 10.1 Å². The number of hydrogen-bond acceptors (Lipinski definition) is 4. The van der Waals surface area contributed by atoms with Gasteiger partial charge in [-0.05, 0) is 6.07 Å². The monoisotopic (exact) mass is 310 g/mol. The second-order valence-electron chi connectivity index (χ2n) is 5.71. The average Bonchev–Trinajstić information content (AvgIpc) is 2.46. The van der Waals surface area contributed by atoms with Gasteiger partial charge < -0.3 is 19.9 Å². The van der Waals surface area contributed by atoms with Crippen molar-refractivity contribution in [1.82, 2.24) is 10.2 Å². The molecule has 0 radical (unpaired) electrons. The number of nitrogens with one attached hydrogen (secondary N) is 1. The van der Waals surface area contributed by atoms with Crippen molar-refractivity contribution in [3.05, 3.63) is 22.7 Å². The van der Waals surface area contributed by atoms with E-state index in [0.29, 0.717) is 36.0 Å². The lowest BCUT2D eigenvalue weighted by Crippen LogP contribution is -2.72. The third kappa shape index (κ3) is 1.60. The number of benzene rings is 1. The molecule has 0 aromatic heterocycles. The highest BCUT2D eigenvalue weighted by atomic mass is 35.5. The van der Waals surface area contributed by atoms with E-state index in [9.17, 15) is 9.90 Å². The number of phenolic OH excluding ortho intramolecular Hbond substituents is 1. The summed E-state index contributed by atoms with van der Waals surface area (Å²) in [4.78, 5) is 13.8. The minimum absolute atomic E-state index is 0.00336. The van der Waals surface area contributed by atoms with Crippen LogP contribution >= 0.6 is 11.6 Å². The molecule has 0 saturated carbocycles. The van der Waals surface area contributed by atoms with Crippen molar-refractivity contribution in [2.75, 3.05) is 20.3 Å². The van der Waals surface area contributed by atoms with Gasteiger partial charge in [-0.3, -0.25) is 4.90 Å². The topological polar surface area (TPSA) is 71.0 Å². The van der Waals surface area contributed by atoms with E-state index in [2.05, 4.69) is 5.32 Å². The molecule has 2 bridgehead atoms. The van der Waals surface area contributed by atoms with Gasteiger partial charge in [-0.1, -0.05) is 11.6 Å². The summed E-state index contributed by atoms with van der Waals surface area (Å²) in [5.74, 6) is 0.352. The molecule has 1 aromatic rings. The van der Waals surface area contributed by atoms with Crippen molar-refractivity contribution in [3.8, 4) is 11.5 Å². The van der Waals surface area contributed by atoms with E-state index >= 15 is 0 Å². The summed E-state index contributed by atoms with van der Waals surface area (Å²) in [6.45, 7) is 1.01. The van der Waals surface area contributed by atoms with E-state index in [0.717, 1.165) is 0 Å². The van der Waals surface area contributed by atoms with Gasteiger partial charge in [0.15, 0.2) is 17.2 Å². The molecule has 4 rings (SSSR count). The number of carbonyl (C=O) groups is 1. The molecule has 2 N–H and O–H groups in total. The highest BCUT2D eigenvalue weighted by Crippen LogP contribution is 2.53. The number of urea groups is 1. The Kier molecular flexibility index (Phi) is 2.59. The number of ether oxygens (including phenoxy) is 2. The van der Waals surface area contributed by atoms with Crippen LogP contribution in [0.4, 0.5) is 4.79 Å². The van der Waals surface area contributed by atoms with Crippen molar-refractivity contribution in [2.24, 2.45) is 5.92 Å². The maximum absolute atomic E-state index is 12.2. The summed E-state index contributed by atoms with van der Waals surface area (Å²) in [5.41, 5.74) is -0.0728. The van der Waals surface area contributed by atoms with Crippen LogP contribution in [0.1, 0.15) is 18.0 Å². The van der Waals surface area contributed by atoms with Gasteiger partial charge in [0.25, 0.3) is 0 Å². The molecule has 2 amide bonds. The second-order valence-corrected chi connectivity index (χ2v) is 6.14. The van der Waals surface area contributed by atoms with E-state index in [1.807, 2.05) is 0 Å². The Morgan fingerprint density at radius 2 is 2.33 bits per heavy atom. The Morgan fingerprint density at radius 3 is 3.14 bits per heavy atom. The zero-order chi connectivity index (χ0) is 14.8. The molecule has 3 heterocycles. The lowest BCUT2D eigenvalue weighted by Gasteiger charge is -2.57. The Balaban J connectivity index is 1.94. The minimum atomic E-state index is -0.774. The van der Waals surface area contributed by atoms with Gasteiger partial charge in [-0.25, -0.2) is 4.79 Å². The lowest BCUT2D eigenvalue weighted by molar-refractivity contribution is -0.192. The van der Waals surface area contributed by atoms with Gasteiger partial charge in [0.1, 0.15) is 0 Å². The van der Waals surface area contributed by atoms with Gasteiger partial charge in [0.05, 0.1) is 25.2 Å². The second kappa shape index (κ2) is 4.18. The van der Waals surface area contributed by atoms with Crippen LogP contribution in [-0.4, -0.2) is 42.0 Å². The number of rotatable bonds is 0. The van der Waals surface area contributed by atoms with Crippen molar-refractivity contribution in [3.63, 3.8) is 0 Å². The molecule has 0 aliphatic carbocycles. The summed E-state index contributed by atoms with van der Waals surface area (Å²) in [6, 6.07) is 2.71. The first-order valence-corrected chi connectivity index (χ1v) is 7.24. The fourth-order valence-electron chi connectivity index (χ4n) is 3.63. The molecule has 2 fully saturated rings. The van der Waals surface area contributed by atoms with Crippen LogP contribution in [-0.2, 0) is 4.74 Å². The molecule has 3 aliphatic rings. The highest BCUT2D eigenvalue weighted by Gasteiger charge is 2.59. The fourth-order valence-corrected chi connectivity index (χ4v) is 3.85. The molecule has 21 heavy (non-hydrogen) atoms. The Labute approximate surface area is 126 Å². The molecule has 0 spiro atoms. The van der Waals surface area contributed by atoms with E-state index in [-0.39, 0.29) is 23.7 Å². The Bertz CT molecular complexity index is 638. The maximum atomic E-state index is 12.2. The van der Waals surface area contributed by atoms with Gasteiger partial charge >= 0.3 is 6.03 Å². The summed E-state index contributed by atoms with van der Waals surface area (Å²) in [5, 5.41) is 13.5.